The molecule has 0 aliphatic heterocycles. The van der Waals surface area contributed by atoms with Gasteiger partial charge in [0.1, 0.15) is 5.58 Å². The predicted octanol–water partition coefficient (Wildman–Crippen LogP) is 13.8. The van der Waals surface area contributed by atoms with Crippen molar-refractivity contribution in [2.75, 3.05) is 0 Å². The van der Waals surface area contributed by atoms with Crippen LogP contribution in [-0.2, 0) is 0 Å². The molecule has 0 fully saturated rings. The molecular formula is C53H32N4O. The fraction of sp³-hybridized carbons (Fsp3) is 0. The van der Waals surface area contributed by atoms with Crippen molar-refractivity contribution in [2.24, 2.45) is 0 Å². The third-order valence-corrected chi connectivity index (χ3v) is 11.4. The van der Waals surface area contributed by atoms with E-state index in [0.29, 0.717) is 17.5 Å². The van der Waals surface area contributed by atoms with E-state index in [4.69, 9.17) is 19.4 Å². The zero-order valence-corrected chi connectivity index (χ0v) is 31.2. The van der Waals surface area contributed by atoms with Gasteiger partial charge in [-0.3, -0.25) is 0 Å². The first-order valence-corrected chi connectivity index (χ1v) is 19.5. The van der Waals surface area contributed by atoms with Gasteiger partial charge < -0.3 is 8.98 Å². The number of hydrogen-bond donors (Lipinski definition) is 0. The van der Waals surface area contributed by atoms with Crippen LogP contribution >= 0.6 is 0 Å². The van der Waals surface area contributed by atoms with Crippen LogP contribution in [0.2, 0.25) is 0 Å². The average Bonchev–Trinajstić information content (AvgIpc) is 3.86. The number of fused-ring (bicyclic) bond motifs is 9. The number of hydrogen-bond acceptors (Lipinski definition) is 4. The van der Waals surface area contributed by atoms with Crippen LogP contribution in [0.5, 0.6) is 0 Å². The Hall–Kier alpha value is -7.89. The lowest BCUT2D eigenvalue weighted by Crippen LogP contribution is -2.01. The first kappa shape index (κ1) is 32.4. The van der Waals surface area contributed by atoms with E-state index in [1.165, 1.54) is 32.3 Å². The molecule has 3 aromatic heterocycles. The number of furan rings is 1. The summed E-state index contributed by atoms with van der Waals surface area (Å²) in [5.74, 6) is 1.80. The zero-order chi connectivity index (χ0) is 38.2. The first-order chi connectivity index (χ1) is 28.7. The molecule has 0 atom stereocenters. The molecule has 0 unspecified atom stereocenters. The molecular weight excluding hydrogens is 709 g/mol. The quantitative estimate of drug-likeness (QED) is 0.176. The van der Waals surface area contributed by atoms with Gasteiger partial charge in [-0.1, -0.05) is 158 Å². The third kappa shape index (κ3) is 5.07. The molecule has 0 aliphatic carbocycles. The number of rotatable bonds is 5. The van der Waals surface area contributed by atoms with E-state index < -0.39 is 0 Å². The van der Waals surface area contributed by atoms with Crippen LogP contribution in [0.1, 0.15) is 0 Å². The van der Waals surface area contributed by atoms with E-state index in [9.17, 15) is 0 Å². The van der Waals surface area contributed by atoms with Crippen LogP contribution in [0.15, 0.2) is 199 Å². The van der Waals surface area contributed by atoms with Crippen molar-refractivity contribution in [3.8, 4) is 51.0 Å². The molecule has 0 saturated carbocycles. The Balaban J connectivity index is 1.07. The molecule has 5 nitrogen and oxygen atoms in total. The number of benzene rings is 9. The van der Waals surface area contributed by atoms with E-state index in [-0.39, 0.29) is 0 Å². The van der Waals surface area contributed by atoms with Crippen LogP contribution < -0.4 is 0 Å². The summed E-state index contributed by atoms with van der Waals surface area (Å²) in [7, 11) is 0. The highest BCUT2D eigenvalue weighted by Gasteiger charge is 2.23. The summed E-state index contributed by atoms with van der Waals surface area (Å²) in [6.07, 6.45) is 0. The summed E-state index contributed by atoms with van der Waals surface area (Å²) in [4.78, 5) is 15.5. The molecule has 5 heteroatoms. The topological polar surface area (TPSA) is 56.7 Å². The molecule has 0 aliphatic rings. The minimum Gasteiger partial charge on any atom is -0.454 e. The van der Waals surface area contributed by atoms with Gasteiger partial charge in [0.25, 0.3) is 0 Å². The highest BCUT2D eigenvalue weighted by molar-refractivity contribution is 6.22. The maximum Gasteiger partial charge on any atom is 0.164 e. The van der Waals surface area contributed by atoms with Crippen molar-refractivity contribution in [3.63, 3.8) is 0 Å². The summed E-state index contributed by atoms with van der Waals surface area (Å²) in [6.45, 7) is 0. The Kier molecular flexibility index (Phi) is 7.16. The molecule has 58 heavy (non-hydrogen) atoms. The monoisotopic (exact) mass is 740 g/mol. The van der Waals surface area contributed by atoms with Crippen molar-refractivity contribution in [1.29, 1.82) is 0 Å². The number of nitrogens with zero attached hydrogens (tertiary/aromatic N) is 4. The van der Waals surface area contributed by atoms with Crippen molar-refractivity contribution in [2.45, 2.75) is 0 Å². The molecule has 0 amide bonds. The van der Waals surface area contributed by atoms with Crippen molar-refractivity contribution < 1.29 is 4.42 Å². The normalized spacial score (nSPS) is 11.8. The van der Waals surface area contributed by atoms with E-state index in [0.717, 1.165) is 66.5 Å². The first-order valence-electron chi connectivity index (χ1n) is 19.5. The Labute approximate surface area is 333 Å². The van der Waals surface area contributed by atoms with Crippen molar-refractivity contribution in [1.82, 2.24) is 19.5 Å². The van der Waals surface area contributed by atoms with Crippen molar-refractivity contribution in [3.05, 3.63) is 194 Å². The maximum atomic E-state index is 6.87. The van der Waals surface area contributed by atoms with Gasteiger partial charge in [0.15, 0.2) is 23.1 Å². The highest BCUT2D eigenvalue weighted by Crippen LogP contribution is 2.43. The molecule has 3 heterocycles. The number of para-hydroxylation sites is 2. The van der Waals surface area contributed by atoms with Crippen LogP contribution in [-0.4, -0.2) is 19.5 Å². The number of aromatic nitrogens is 4. The summed E-state index contributed by atoms with van der Waals surface area (Å²) >= 11 is 0. The van der Waals surface area contributed by atoms with Gasteiger partial charge in [-0.05, 0) is 69.1 Å². The minimum atomic E-state index is 0.582. The second-order valence-electron chi connectivity index (χ2n) is 14.8. The summed E-state index contributed by atoms with van der Waals surface area (Å²) in [5, 5.41) is 9.27. The predicted molar refractivity (Wildman–Crippen MR) is 238 cm³/mol. The molecule has 0 bridgehead atoms. The van der Waals surface area contributed by atoms with Gasteiger partial charge >= 0.3 is 0 Å². The van der Waals surface area contributed by atoms with Crippen LogP contribution in [0.4, 0.5) is 0 Å². The lowest BCUT2D eigenvalue weighted by atomic mass is 10.00. The van der Waals surface area contributed by atoms with Crippen LogP contribution in [0.3, 0.4) is 0 Å². The second-order valence-corrected chi connectivity index (χ2v) is 14.8. The molecule has 0 N–H and O–H groups in total. The highest BCUT2D eigenvalue weighted by atomic mass is 16.3. The fourth-order valence-corrected chi connectivity index (χ4v) is 8.70. The molecule has 12 rings (SSSR count). The third-order valence-electron chi connectivity index (χ3n) is 11.4. The largest absolute Gasteiger partial charge is 0.454 e. The van der Waals surface area contributed by atoms with Gasteiger partial charge in [-0.25, -0.2) is 15.0 Å². The Morgan fingerprint density at radius 2 is 0.966 bits per heavy atom. The summed E-state index contributed by atoms with van der Waals surface area (Å²) in [6, 6.07) is 67.9. The lowest BCUT2D eigenvalue weighted by Gasteiger charge is -2.13. The van der Waals surface area contributed by atoms with Crippen LogP contribution in [0, 0.1) is 0 Å². The molecule has 0 saturated heterocycles. The molecule has 12 aromatic rings. The zero-order valence-electron chi connectivity index (χ0n) is 31.2. The molecule has 9 aromatic carbocycles. The smallest absolute Gasteiger partial charge is 0.164 e. The van der Waals surface area contributed by atoms with E-state index in [1.54, 1.807) is 0 Å². The summed E-state index contributed by atoms with van der Waals surface area (Å²) in [5.41, 5.74) is 9.78. The molecule has 0 spiro atoms. The Morgan fingerprint density at radius 3 is 1.79 bits per heavy atom. The van der Waals surface area contributed by atoms with E-state index >= 15 is 0 Å². The molecule has 0 radical (unpaired) electrons. The van der Waals surface area contributed by atoms with Gasteiger partial charge in [0, 0.05) is 38.2 Å². The SMILES string of the molecule is c1ccc(-c2nc(-c3ccc(-c4ccc5ccccc5c4)cc3)nc(-c3ccc(-n4c5ccccc5c5c6ccccc6ccc54)c4oc5ccccc5c34)n2)cc1. The Morgan fingerprint density at radius 1 is 0.362 bits per heavy atom. The van der Waals surface area contributed by atoms with Gasteiger partial charge in [-0.15, -0.1) is 0 Å². The Bertz CT molecular complexity index is 3560. The maximum absolute atomic E-state index is 6.87. The van der Waals surface area contributed by atoms with E-state index in [1.807, 2.05) is 42.5 Å². The second kappa shape index (κ2) is 12.8. The average molecular weight is 741 g/mol. The van der Waals surface area contributed by atoms with Crippen molar-refractivity contribution >= 4 is 65.3 Å². The molecule has 270 valence electrons. The van der Waals surface area contributed by atoms with Gasteiger partial charge in [0.2, 0.25) is 0 Å². The lowest BCUT2D eigenvalue weighted by molar-refractivity contribution is 0.666. The summed E-state index contributed by atoms with van der Waals surface area (Å²) < 4.78 is 9.22. The standard InChI is InChI=1S/C53H32N4O/c1-2-14-36(15-3-1)51-54-52(37-25-22-34(23-26-37)39-27-24-33-12-4-5-16-38(33)32-39)56-53(55-51)43-29-31-46(50-49(43)42-19-9-11-21-47(42)58-50)57-44-20-10-8-18-41(44)48-40-17-7-6-13-35(40)28-30-45(48)57/h1-32H. The fourth-order valence-electron chi connectivity index (χ4n) is 8.70. The van der Waals surface area contributed by atoms with E-state index in [2.05, 4.69) is 156 Å². The minimum absolute atomic E-state index is 0.582. The van der Waals surface area contributed by atoms with Crippen LogP contribution in [0.25, 0.3) is 116 Å². The van der Waals surface area contributed by atoms with Gasteiger partial charge in [0.05, 0.1) is 16.7 Å². The van der Waals surface area contributed by atoms with Gasteiger partial charge in [-0.2, -0.15) is 0 Å².